The van der Waals surface area contributed by atoms with Crippen molar-refractivity contribution in [3.05, 3.63) is 47.0 Å². The number of pyridine rings is 1. The minimum absolute atomic E-state index is 0.0347. The van der Waals surface area contributed by atoms with Gasteiger partial charge in [-0.1, -0.05) is 18.2 Å². The second kappa shape index (κ2) is 10.7. The van der Waals surface area contributed by atoms with Crippen LogP contribution in [0.25, 0.3) is 11.3 Å². The highest BCUT2D eigenvalue weighted by Gasteiger charge is 2.32. The van der Waals surface area contributed by atoms with Gasteiger partial charge in [0, 0.05) is 63.5 Å². The molecule has 1 fully saturated rings. The number of anilines is 1. The number of likely N-dealkylation sites (N-methyl/N-ethyl adjacent to an activating group) is 3. The fourth-order valence-corrected chi connectivity index (χ4v) is 4.56. The topological polar surface area (TPSA) is 84.0 Å². The number of nitrogens with one attached hydrogen (secondary N) is 2. The molecule has 0 saturated carbocycles. The Hall–Kier alpha value is -3.01. The minimum atomic E-state index is -0.110. The molecule has 0 unspecified atom stereocenters. The third kappa shape index (κ3) is 5.47. The standard InChI is InChI=1S/C26H37N7O2/c1-18(2)33-25-22(15-28-33)21(26(35)32-12-11-31(5)24(34)17-32)14-23(29-25)20-8-6-7-19(13-20)16-30(4)10-9-27-3/h6-8,13-14,18,27-28H,9-12,15-17H2,1-5H3. The Morgan fingerprint density at radius 3 is 2.77 bits per heavy atom. The normalized spacial score (nSPS) is 16.0. The van der Waals surface area contributed by atoms with E-state index < -0.39 is 0 Å². The maximum absolute atomic E-state index is 13.7. The van der Waals surface area contributed by atoms with Gasteiger partial charge in [-0.15, -0.1) is 0 Å². The van der Waals surface area contributed by atoms with Crippen LogP contribution in [0, 0.1) is 0 Å². The summed E-state index contributed by atoms with van der Waals surface area (Å²) in [7, 11) is 5.85. The van der Waals surface area contributed by atoms with E-state index in [2.05, 4.69) is 48.7 Å². The molecule has 2 aromatic rings. The lowest BCUT2D eigenvalue weighted by Gasteiger charge is -2.32. The van der Waals surface area contributed by atoms with Gasteiger partial charge in [-0.05, 0) is 45.6 Å². The molecule has 2 N–H and O–H groups in total. The summed E-state index contributed by atoms with van der Waals surface area (Å²) in [6, 6.07) is 10.4. The molecule has 0 atom stereocenters. The van der Waals surface area contributed by atoms with Gasteiger partial charge in [0.2, 0.25) is 5.91 Å². The van der Waals surface area contributed by atoms with E-state index in [1.54, 1.807) is 16.8 Å². The molecule has 3 heterocycles. The van der Waals surface area contributed by atoms with Crippen molar-refractivity contribution in [3.63, 3.8) is 0 Å². The molecule has 4 rings (SSSR count). The number of fused-ring (bicyclic) bond motifs is 1. The van der Waals surface area contributed by atoms with Gasteiger partial charge >= 0.3 is 0 Å². The van der Waals surface area contributed by atoms with E-state index in [4.69, 9.17) is 4.98 Å². The average molecular weight is 480 g/mol. The molecule has 2 amide bonds. The summed E-state index contributed by atoms with van der Waals surface area (Å²) in [5, 5.41) is 5.21. The van der Waals surface area contributed by atoms with Gasteiger partial charge in [0.1, 0.15) is 12.4 Å². The number of hydrogen-bond donors (Lipinski definition) is 2. The summed E-state index contributed by atoms with van der Waals surface area (Å²) < 4.78 is 0. The molecule has 0 aliphatic carbocycles. The van der Waals surface area contributed by atoms with Gasteiger partial charge < -0.3 is 20.0 Å². The summed E-state index contributed by atoms with van der Waals surface area (Å²) in [6.07, 6.45) is 0. The number of carbonyl (C=O) groups is 2. The van der Waals surface area contributed by atoms with Crippen molar-refractivity contribution < 1.29 is 9.59 Å². The van der Waals surface area contributed by atoms with Crippen molar-refractivity contribution in [2.45, 2.75) is 33.0 Å². The fraction of sp³-hybridized carbons (Fsp3) is 0.500. The molecule has 9 nitrogen and oxygen atoms in total. The first-order chi connectivity index (χ1) is 16.8. The maximum atomic E-state index is 13.7. The van der Waals surface area contributed by atoms with Crippen LogP contribution < -0.4 is 15.8 Å². The molecule has 0 spiro atoms. The lowest BCUT2D eigenvalue weighted by Crippen LogP contribution is -2.50. The Bertz CT molecular complexity index is 1090. The summed E-state index contributed by atoms with van der Waals surface area (Å²) in [5.74, 6) is 0.645. The largest absolute Gasteiger partial charge is 0.342 e. The lowest BCUT2D eigenvalue weighted by atomic mass is 10.0. The number of benzene rings is 1. The quantitative estimate of drug-likeness (QED) is 0.594. The predicted octanol–water partition coefficient (Wildman–Crippen LogP) is 1.55. The van der Waals surface area contributed by atoms with Crippen LogP contribution >= 0.6 is 0 Å². The van der Waals surface area contributed by atoms with Crippen LogP contribution in [0.15, 0.2) is 30.3 Å². The van der Waals surface area contributed by atoms with Crippen LogP contribution in [0.3, 0.4) is 0 Å². The van der Waals surface area contributed by atoms with E-state index in [0.29, 0.717) is 25.2 Å². The van der Waals surface area contributed by atoms with E-state index in [0.717, 1.165) is 42.3 Å². The van der Waals surface area contributed by atoms with Crippen molar-refractivity contribution in [2.75, 3.05) is 58.9 Å². The number of carbonyl (C=O) groups excluding carboxylic acids is 2. The van der Waals surface area contributed by atoms with E-state index in [-0.39, 0.29) is 24.4 Å². The minimum Gasteiger partial charge on any atom is -0.342 e. The Morgan fingerprint density at radius 2 is 2.06 bits per heavy atom. The van der Waals surface area contributed by atoms with E-state index in [9.17, 15) is 9.59 Å². The second-order valence-corrected chi connectivity index (χ2v) is 9.74. The number of amides is 2. The van der Waals surface area contributed by atoms with Crippen LogP contribution in [0.1, 0.15) is 35.3 Å². The number of hydrogen-bond acceptors (Lipinski definition) is 7. The molecular formula is C26H37N7O2. The van der Waals surface area contributed by atoms with Gasteiger partial charge in [-0.25, -0.2) is 10.4 Å². The van der Waals surface area contributed by atoms with Gasteiger partial charge in [0.25, 0.3) is 5.91 Å². The predicted molar refractivity (Wildman–Crippen MR) is 138 cm³/mol. The van der Waals surface area contributed by atoms with E-state index in [1.165, 1.54) is 5.56 Å². The van der Waals surface area contributed by atoms with Crippen molar-refractivity contribution in [3.8, 4) is 11.3 Å². The monoisotopic (exact) mass is 479 g/mol. The molecule has 35 heavy (non-hydrogen) atoms. The zero-order valence-electron chi connectivity index (χ0n) is 21.5. The number of rotatable bonds is 8. The van der Waals surface area contributed by atoms with Crippen LogP contribution in [0.4, 0.5) is 5.82 Å². The van der Waals surface area contributed by atoms with Crippen LogP contribution in [-0.2, 0) is 17.9 Å². The molecule has 2 aliphatic rings. The second-order valence-electron chi connectivity index (χ2n) is 9.74. The Morgan fingerprint density at radius 1 is 1.26 bits per heavy atom. The van der Waals surface area contributed by atoms with E-state index >= 15 is 0 Å². The summed E-state index contributed by atoms with van der Waals surface area (Å²) in [5.41, 5.74) is 7.83. The molecule has 9 heteroatoms. The number of piperazine rings is 1. The summed E-state index contributed by atoms with van der Waals surface area (Å²) in [6.45, 7) is 8.63. The van der Waals surface area contributed by atoms with Gasteiger partial charge in [0.05, 0.1) is 11.3 Å². The molecule has 0 bridgehead atoms. The van der Waals surface area contributed by atoms with Gasteiger partial charge in [-0.2, -0.15) is 0 Å². The zero-order chi connectivity index (χ0) is 25.1. The Labute approximate surface area is 208 Å². The average Bonchev–Trinajstić information content (AvgIpc) is 3.28. The van der Waals surface area contributed by atoms with Crippen LogP contribution in [0.5, 0.6) is 0 Å². The SMILES string of the molecule is CNCCN(C)Cc1cccc(-c2cc(C(=O)N3CCN(C)C(=O)C3)c3c(n2)N(C(C)C)NC3)c1. The zero-order valence-corrected chi connectivity index (χ0v) is 21.5. The Kier molecular flexibility index (Phi) is 7.69. The fourth-order valence-electron chi connectivity index (χ4n) is 4.56. The lowest BCUT2D eigenvalue weighted by molar-refractivity contribution is -0.133. The number of nitrogens with zero attached hydrogens (tertiary/aromatic N) is 5. The van der Waals surface area contributed by atoms with Gasteiger partial charge in [-0.3, -0.25) is 14.6 Å². The van der Waals surface area contributed by atoms with Crippen molar-refractivity contribution in [1.82, 2.24) is 30.4 Å². The molecule has 1 aromatic heterocycles. The van der Waals surface area contributed by atoms with Crippen LogP contribution in [-0.4, -0.2) is 91.4 Å². The number of hydrazine groups is 1. The molecule has 0 radical (unpaired) electrons. The van der Waals surface area contributed by atoms with Crippen molar-refractivity contribution in [2.24, 2.45) is 0 Å². The molecular weight excluding hydrogens is 442 g/mol. The van der Waals surface area contributed by atoms with E-state index in [1.807, 2.05) is 30.3 Å². The van der Waals surface area contributed by atoms with Crippen LogP contribution in [0.2, 0.25) is 0 Å². The first kappa shape index (κ1) is 25.1. The highest BCUT2D eigenvalue weighted by molar-refractivity contribution is 6.00. The molecule has 1 saturated heterocycles. The molecule has 2 aliphatic heterocycles. The maximum Gasteiger partial charge on any atom is 0.254 e. The smallest absolute Gasteiger partial charge is 0.254 e. The third-order valence-electron chi connectivity index (χ3n) is 6.67. The molecule has 1 aromatic carbocycles. The molecule has 188 valence electrons. The first-order valence-electron chi connectivity index (χ1n) is 12.3. The number of aromatic nitrogens is 1. The highest BCUT2D eigenvalue weighted by atomic mass is 16.2. The first-order valence-corrected chi connectivity index (χ1v) is 12.3. The van der Waals surface area contributed by atoms with Crippen molar-refractivity contribution in [1.29, 1.82) is 0 Å². The summed E-state index contributed by atoms with van der Waals surface area (Å²) in [4.78, 5) is 36.6. The summed E-state index contributed by atoms with van der Waals surface area (Å²) >= 11 is 0. The van der Waals surface area contributed by atoms with Gasteiger partial charge in [0.15, 0.2) is 0 Å². The third-order valence-corrected chi connectivity index (χ3v) is 6.67. The Balaban J connectivity index is 1.70. The highest BCUT2D eigenvalue weighted by Crippen LogP contribution is 2.33. The van der Waals surface area contributed by atoms with Crippen molar-refractivity contribution >= 4 is 17.6 Å².